The SMILES string of the molecule is NCCOc1cccc(C2CCCCO2)c1. The molecule has 3 heteroatoms. The molecule has 1 aliphatic heterocycles. The Bertz CT molecular complexity index is 321. The number of hydrogen-bond acceptors (Lipinski definition) is 3. The average molecular weight is 221 g/mol. The van der Waals surface area contributed by atoms with Crippen molar-refractivity contribution >= 4 is 0 Å². The molecule has 1 fully saturated rings. The summed E-state index contributed by atoms with van der Waals surface area (Å²) in [4.78, 5) is 0. The van der Waals surface area contributed by atoms with Gasteiger partial charge in [-0.3, -0.25) is 0 Å². The summed E-state index contributed by atoms with van der Waals surface area (Å²) in [5.41, 5.74) is 6.62. The first-order chi connectivity index (χ1) is 7.90. The molecule has 3 nitrogen and oxygen atoms in total. The number of rotatable bonds is 4. The van der Waals surface area contributed by atoms with Crippen molar-refractivity contribution in [3.05, 3.63) is 29.8 Å². The Balaban J connectivity index is 2.02. The van der Waals surface area contributed by atoms with Gasteiger partial charge in [-0.05, 0) is 37.0 Å². The fourth-order valence-corrected chi connectivity index (χ4v) is 1.98. The molecule has 1 aromatic carbocycles. The molecule has 0 bridgehead atoms. The highest BCUT2D eigenvalue weighted by Crippen LogP contribution is 2.29. The largest absolute Gasteiger partial charge is 0.492 e. The van der Waals surface area contributed by atoms with Crippen molar-refractivity contribution in [3.8, 4) is 5.75 Å². The Kier molecular flexibility index (Phi) is 4.19. The molecule has 0 aliphatic carbocycles. The first-order valence-corrected chi connectivity index (χ1v) is 5.94. The van der Waals surface area contributed by atoms with Crippen molar-refractivity contribution in [2.45, 2.75) is 25.4 Å². The number of ether oxygens (including phenoxy) is 2. The van der Waals surface area contributed by atoms with Gasteiger partial charge < -0.3 is 15.2 Å². The maximum atomic E-state index is 5.74. The van der Waals surface area contributed by atoms with Gasteiger partial charge in [0.2, 0.25) is 0 Å². The molecule has 0 radical (unpaired) electrons. The van der Waals surface area contributed by atoms with Crippen LogP contribution in [0, 0.1) is 0 Å². The Morgan fingerprint density at radius 2 is 2.31 bits per heavy atom. The van der Waals surface area contributed by atoms with Crippen LogP contribution in [0.25, 0.3) is 0 Å². The highest BCUT2D eigenvalue weighted by Gasteiger charge is 2.16. The quantitative estimate of drug-likeness (QED) is 0.848. The van der Waals surface area contributed by atoms with Crippen molar-refractivity contribution < 1.29 is 9.47 Å². The zero-order valence-corrected chi connectivity index (χ0v) is 9.52. The molecule has 1 atom stereocenters. The van der Waals surface area contributed by atoms with Gasteiger partial charge in [0, 0.05) is 13.2 Å². The van der Waals surface area contributed by atoms with Crippen molar-refractivity contribution in [1.82, 2.24) is 0 Å². The maximum Gasteiger partial charge on any atom is 0.119 e. The summed E-state index contributed by atoms with van der Waals surface area (Å²) in [7, 11) is 0. The van der Waals surface area contributed by atoms with Crippen LogP contribution < -0.4 is 10.5 Å². The molecule has 1 aliphatic rings. The van der Waals surface area contributed by atoms with E-state index < -0.39 is 0 Å². The van der Waals surface area contributed by atoms with E-state index in [2.05, 4.69) is 12.1 Å². The molecule has 1 saturated heterocycles. The number of hydrogen-bond donors (Lipinski definition) is 1. The van der Waals surface area contributed by atoms with Gasteiger partial charge in [-0.15, -0.1) is 0 Å². The molecule has 2 N–H and O–H groups in total. The van der Waals surface area contributed by atoms with Crippen molar-refractivity contribution in [3.63, 3.8) is 0 Å². The summed E-state index contributed by atoms with van der Waals surface area (Å²) in [6.07, 6.45) is 3.79. The molecule has 16 heavy (non-hydrogen) atoms. The fraction of sp³-hybridized carbons (Fsp3) is 0.538. The summed E-state index contributed by atoms with van der Waals surface area (Å²) in [5.74, 6) is 0.886. The van der Waals surface area contributed by atoms with Gasteiger partial charge >= 0.3 is 0 Å². The molecular formula is C13H19NO2. The van der Waals surface area contributed by atoms with Crippen LogP contribution in [-0.4, -0.2) is 19.8 Å². The second-order valence-electron chi connectivity index (χ2n) is 4.06. The molecule has 1 unspecified atom stereocenters. The van der Waals surface area contributed by atoms with E-state index in [1.165, 1.54) is 18.4 Å². The summed E-state index contributed by atoms with van der Waals surface area (Å²) in [6, 6.07) is 8.14. The molecule has 2 rings (SSSR count). The van der Waals surface area contributed by atoms with E-state index >= 15 is 0 Å². The lowest BCUT2D eigenvalue weighted by Gasteiger charge is -2.23. The van der Waals surface area contributed by atoms with E-state index in [4.69, 9.17) is 15.2 Å². The third-order valence-electron chi connectivity index (χ3n) is 2.80. The van der Waals surface area contributed by atoms with E-state index in [9.17, 15) is 0 Å². The zero-order chi connectivity index (χ0) is 11.2. The van der Waals surface area contributed by atoms with Crippen LogP contribution in [0.15, 0.2) is 24.3 Å². The molecule has 0 aromatic heterocycles. The van der Waals surface area contributed by atoms with Gasteiger partial charge in [0.1, 0.15) is 12.4 Å². The Hall–Kier alpha value is -1.06. The highest BCUT2D eigenvalue weighted by atomic mass is 16.5. The van der Waals surface area contributed by atoms with Crippen LogP contribution in [-0.2, 0) is 4.74 Å². The van der Waals surface area contributed by atoms with Crippen molar-refractivity contribution in [2.24, 2.45) is 5.73 Å². The molecular weight excluding hydrogens is 202 g/mol. The normalized spacial score (nSPS) is 20.7. The van der Waals surface area contributed by atoms with Crippen molar-refractivity contribution in [1.29, 1.82) is 0 Å². The number of benzene rings is 1. The van der Waals surface area contributed by atoms with Gasteiger partial charge in [-0.25, -0.2) is 0 Å². The standard InChI is InChI=1S/C13H19NO2/c14-7-9-15-12-5-3-4-11(10-12)13-6-1-2-8-16-13/h3-5,10,13H,1-2,6-9,14H2. The van der Waals surface area contributed by atoms with Gasteiger partial charge in [-0.2, -0.15) is 0 Å². The van der Waals surface area contributed by atoms with Crippen LogP contribution in [0.5, 0.6) is 5.75 Å². The lowest BCUT2D eigenvalue weighted by Crippen LogP contribution is -2.12. The Morgan fingerprint density at radius 3 is 3.06 bits per heavy atom. The van der Waals surface area contributed by atoms with E-state index in [0.29, 0.717) is 13.2 Å². The van der Waals surface area contributed by atoms with Crippen LogP contribution in [0.2, 0.25) is 0 Å². The minimum atomic E-state index is 0.246. The van der Waals surface area contributed by atoms with Crippen LogP contribution in [0.3, 0.4) is 0 Å². The van der Waals surface area contributed by atoms with Crippen molar-refractivity contribution in [2.75, 3.05) is 19.8 Å². The molecule has 1 heterocycles. The van der Waals surface area contributed by atoms with E-state index in [-0.39, 0.29) is 6.10 Å². The summed E-state index contributed by atoms with van der Waals surface area (Å²) < 4.78 is 11.2. The third kappa shape index (κ3) is 2.97. The van der Waals surface area contributed by atoms with Gasteiger partial charge in [-0.1, -0.05) is 12.1 Å². The summed E-state index contributed by atoms with van der Waals surface area (Å²) in [6.45, 7) is 1.98. The monoisotopic (exact) mass is 221 g/mol. The molecule has 0 amide bonds. The molecule has 88 valence electrons. The Morgan fingerprint density at radius 1 is 1.38 bits per heavy atom. The Labute approximate surface area is 96.5 Å². The van der Waals surface area contributed by atoms with E-state index in [1.807, 2.05) is 12.1 Å². The van der Waals surface area contributed by atoms with Crippen LogP contribution in [0.4, 0.5) is 0 Å². The topological polar surface area (TPSA) is 44.5 Å². The first-order valence-electron chi connectivity index (χ1n) is 5.94. The lowest BCUT2D eigenvalue weighted by molar-refractivity contribution is 0.0148. The molecule has 0 saturated carbocycles. The summed E-state index contributed by atoms with van der Waals surface area (Å²) in [5, 5.41) is 0. The highest BCUT2D eigenvalue weighted by molar-refractivity contribution is 5.30. The number of nitrogens with two attached hydrogens (primary N) is 1. The van der Waals surface area contributed by atoms with Crippen LogP contribution >= 0.6 is 0 Å². The average Bonchev–Trinajstić information content (AvgIpc) is 2.38. The minimum absolute atomic E-state index is 0.246. The van der Waals surface area contributed by atoms with E-state index in [0.717, 1.165) is 18.8 Å². The van der Waals surface area contributed by atoms with Gasteiger partial charge in [0.25, 0.3) is 0 Å². The fourth-order valence-electron chi connectivity index (χ4n) is 1.98. The van der Waals surface area contributed by atoms with Crippen LogP contribution in [0.1, 0.15) is 30.9 Å². The van der Waals surface area contributed by atoms with Gasteiger partial charge in [0.05, 0.1) is 6.10 Å². The maximum absolute atomic E-state index is 5.74. The molecule has 1 aromatic rings. The molecule has 0 spiro atoms. The second-order valence-corrected chi connectivity index (χ2v) is 4.06. The predicted octanol–water partition coefficient (Wildman–Crippen LogP) is 2.27. The third-order valence-corrected chi connectivity index (χ3v) is 2.80. The van der Waals surface area contributed by atoms with Gasteiger partial charge in [0.15, 0.2) is 0 Å². The lowest BCUT2D eigenvalue weighted by atomic mass is 10.0. The predicted molar refractivity (Wildman–Crippen MR) is 63.5 cm³/mol. The first kappa shape index (κ1) is 11.4. The zero-order valence-electron chi connectivity index (χ0n) is 9.52. The second kappa shape index (κ2) is 5.87. The minimum Gasteiger partial charge on any atom is -0.492 e. The smallest absolute Gasteiger partial charge is 0.119 e. The van der Waals surface area contributed by atoms with E-state index in [1.54, 1.807) is 0 Å². The summed E-state index contributed by atoms with van der Waals surface area (Å²) >= 11 is 0.